The van der Waals surface area contributed by atoms with Crippen molar-refractivity contribution in [3.8, 4) is 0 Å². The van der Waals surface area contributed by atoms with Crippen LogP contribution in [-0.4, -0.2) is 18.1 Å². The zero-order valence-electron chi connectivity index (χ0n) is 12.3. The van der Waals surface area contributed by atoms with E-state index in [-0.39, 0.29) is 0 Å². The lowest BCUT2D eigenvalue weighted by atomic mass is 9.56. The molecule has 4 heteroatoms. The standard InChI is InChI=1S/C18H18Cl2N2/c19-15-5-16(20)7-17(6-15)22-11-18(12-22)8-14(9-18)4-13-2-1-3-21-10-13/h1-3,5-7,10,14H,4,8-9,11-12H2. The van der Waals surface area contributed by atoms with Crippen LogP contribution in [0.4, 0.5) is 5.69 Å². The maximum Gasteiger partial charge on any atom is 0.0441 e. The molecule has 2 aromatic rings. The van der Waals surface area contributed by atoms with Gasteiger partial charge in [0.1, 0.15) is 0 Å². The second kappa shape index (κ2) is 5.43. The Bertz CT molecular complexity index is 652. The number of rotatable bonds is 3. The van der Waals surface area contributed by atoms with Gasteiger partial charge in [0, 0.05) is 46.6 Å². The lowest BCUT2D eigenvalue weighted by Gasteiger charge is -2.60. The number of hydrogen-bond donors (Lipinski definition) is 0. The molecule has 0 amide bonds. The number of nitrogens with zero attached hydrogens (tertiary/aromatic N) is 2. The van der Waals surface area contributed by atoms with Gasteiger partial charge in [0.15, 0.2) is 0 Å². The fourth-order valence-electron chi connectivity index (χ4n) is 4.09. The largest absolute Gasteiger partial charge is 0.370 e. The summed E-state index contributed by atoms with van der Waals surface area (Å²) < 4.78 is 0. The molecule has 0 bridgehead atoms. The van der Waals surface area contributed by atoms with Gasteiger partial charge in [-0.3, -0.25) is 4.98 Å². The van der Waals surface area contributed by atoms with E-state index in [4.69, 9.17) is 23.2 Å². The van der Waals surface area contributed by atoms with Crippen LogP contribution in [0.25, 0.3) is 0 Å². The monoisotopic (exact) mass is 332 g/mol. The second-order valence-corrected chi connectivity index (χ2v) is 7.70. The average Bonchev–Trinajstić information content (AvgIpc) is 2.40. The molecule has 0 atom stereocenters. The minimum Gasteiger partial charge on any atom is -0.370 e. The summed E-state index contributed by atoms with van der Waals surface area (Å²) in [5.41, 5.74) is 3.04. The molecule has 1 aliphatic heterocycles. The third kappa shape index (κ3) is 2.70. The van der Waals surface area contributed by atoms with Crippen molar-refractivity contribution < 1.29 is 0 Å². The van der Waals surface area contributed by atoms with Crippen LogP contribution in [0, 0.1) is 11.3 Å². The highest BCUT2D eigenvalue weighted by Gasteiger charge is 2.52. The first-order valence-corrected chi connectivity index (χ1v) is 8.47. The SMILES string of the molecule is Clc1cc(Cl)cc(N2CC3(CC(Cc4cccnc4)C3)C2)c1. The van der Waals surface area contributed by atoms with Crippen LogP contribution in [-0.2, 0) is 6.42 Å². The van der Waals surface area contributed by atoms with Crippen molar-refractivity contribution in [3.63, 3.8) is 0 Å². The molecule has 1 aliphatic carbocycles. The molecule has 0 radical (unpaired) electrons. The molecule has 2 aliphatic rings. The first kappa shape index (κ1) is 14.3. The lowest BCUT2D eigenvalue weighted by molar-refractivity contribution is 0.0240. The van der Waals surface area contributed by atoms with Crippen molar-refractivity contribution in [1.29, 1.82) is 0 Å². The molecule has 1 saturated heterocycles. The van der Waals surface area contributed by atoms with Crippen molar-refractivity contribution in [1.82, 2.24) is 4.98 Å². The van der Waals surface area contributed by atoms with Crippen LogP contribution in [0.1, 0.15) is 18.4 Å². The van der Waals surface area contributed by atoms with Crippen LogP contribution < -0.4 is 4.90 Å². The third-order valence-corrected chi connectivity index (χ3v) is 5.39. The van der Waals surface area contributed by atoms with Crippen LogP contribution in [0.2, 0.25) is 10.0 Å². The number of pyridine rings is 1. The summed E-state index contributed by atoms with van der Waals surface area (Å²) in [4.78, 5) is 6.59. The second-order valence-electron chi connectivity index (χ2n) is 6.82. The van der Waals surface area contributed by atoms with Crippen molar-refractivity contribution in [2.24, 2.45) is 11.3 Å². The summed E-state index contributed by atoms with van der Waals surface area (Å²) >= 11 is 12.2. The highest BCUT2D eigenvalue weighted by molar-refractivity contribution is 6.35. The van der Waals surface area contributed by atoms with E-state index in [1.165, 1.54) is 24.8 Å². The van der Waals surface area contributed by atoms with E-state index in [1.807, 2.05) is 30.6 Å². The first-order valence-electron chi connectivity index (χ1n) is 7.72. The van der Waals surface area contributed by atoms with E-state index < -0.39 is 0 Å². The third-order valence-electron chi connectivity index (χ3n) is 4.96. The highest BCUT2D eigenvalue weighted by Crippen LogP contribution is 2.54. The molecule has 114 valence electrons. The van der Waals surface area contributed by atoms with E-state index in [2.05, 4.69) is 16.0 Å². The number of aromatic nitrogens is 1. The van der Waals surface area contributed by atoms with Gasteiger partial charge >= 0.3 is 0 Å². The van der Waals surface area contributed by atoms with Crippen molar-refractivity contribution in [2.45, 2.75) is 19.3 Å². The van der Waals surface area contributed by atoms with Crippen LogP contribution >= 0.6 is 23.2 Å². The van der Waals surface area contributed by atoms with Gasteiger partial charge in [-0.15, -0.1) is 0 Å². The van der Waals surface area contributed by atoms with E-state index in [0.717, 1.165) is 24.7 Å². The molecular weight excluding hydrogens is 315 g/mol. The van der Waals surface area contributed by atoms with E-state index >= 15 is 0 Å². The fraction of sp³-hybridized carbons (Fsp3) is 0.389. The minimum absolute atomic E-state index is 0.529. The van der Waals surface area contributed by atoms with Gasteiger partial charge in [-0.1, -0.05) is 29.3 Å². The van der Waals surface area contributed by atoms with Gasteiger partial charge in [0.05, 0.1) is 0 Å². The Morgan fingerprint density at radius 3 is 2.50 bits per heavy atom. The maximum atomic E-state index is 6.09. The van der Waals surface area contributed by atoms with Gasteiger partial charge in [0.2, 0.25) is 0 Å². The summed E-state index contributed by atoms with van der Waals surface area (Å²) in [6, 6.07) is 10.0. The minimum atomic E-state index is 0.529. The molecule has 2 heterocycles. The van der Waals surface area contributed by atoms with Gasteiger partial charge < -0.3 is 4.90 Å². The van der Waals surface area contributed by atoms with Crippen LogP contribution in [0.5, 0.6) is 0 Å². The molecular formula is C18H18Cl2N2. The molecule has 4 rings (SSSR count). The quantitative estimate of drug-likeness (QED) is 0.798. The molecule has 2 nitrogen and oxygen atoms in total. The summed E-state index contributed by atoms with van der Waals surface area (Å²) in [5, 5.41) is 1.43. The number of halogens is 2. The number of benzene rings is 1. The van der Waals surface area contributed by atoms with Gasteiger partial charge in [-0.2, -0.15) is 0 Å². The fourth-order valence-corrected chi connectivity index (χ4v) is 4.60. The molecule has 1 spiro atoms. The first-order chi connectivity index (χ1) is 10.6. The normalized spacial score (nSPS) is 19.8. The van der Waals surface area contributed by atoms with Crippen molar-refractivity contribution >= 4 is 28.9 Å². The lowest BCUT2D eigenvalue weighted by Crippen LogP contribution is -2.62. The average molecular weight is 333 g/mol. The Morgan fingerprint density at radius 2 is 1.86 bits per heavy atom. The van der Waals surface area contributed by atoms with E-state index in [0.29, 0.717) is 15.5 Å². The molecule has 1 saturated carbocycles. The van der Waals surface area contributed by atoms with Crippen LogP contribution in [0.3, 0.4) is 0 Å². The van der Waals surface area contributed by atoms with Crippen molar-refractivity contribution in [2.75, 3.05) is 18.0 Å². The highest BCUT2D eigenvalue weighted by atomic mass is 35.5. The Balaban J connectivity index is 1.33. The predicted octanol–water partition coefficient (Wildman–Crippen LogP) is 4.85. The van der Waals surface area contributed by atoms with Gasteiger partial charge in [0.25, 0.3) is 0 Å². The molecule has 1 aromatic heterocycles. The topological polar surface area (TPSA) is 16.1 Å². The zero-order valence-corrected chi connectivity index (χ0v) is 13.8. The Kier molecular flexibility index (Phi) is 3.54. The number of anilines is 1. The molecule has 22 heavy (non-hydrogen) atoms. The summed E-state index contributed by atoms with van der Waals surface area (Å²) in [5.74, 6) is 0.814. The van der Waals surface area contributed by atoms with E-state index in [9.17, 15) is 0 Å². The molecule has 0 N–H and O–H groups in total. The predicted molar refractivity (Wildman–Crippen MR) is 91.8 cm³/mol. The summed E-state index contributed by atoms with van der Waals surface area (Å²) in [7, 11) is 0. The Morgan fingerprint density at radius 1 is 1.14 bits per heavy atom. The Hall–Kier alpha value is -1.25. The Labute approximate surface area is 141 Å². The number of hydrogen-bond acceptors (Lipinski definition) is 2. The maximum absolute atomic E-state index is 6.09. The smallest absolute Gasteiger partial charge is 0.0441 e. The molecule has 1 aromatic carbocycles. The van der Waals surface area contributed by atoms with Crippen molar-refractivity contribution in [3.05, 3.63) is 58.3 Å². The molecule has 2 fully saturated rings. The van der Waals surface area contributed by atoms with Crippen LogP contribution in [0.15, 0.2) is 42.7 Å². The summed E-state index contributed by atoms with van der Waals surface area (Å²) in [6.45, 7) is 2.26. The zero-order chi connectivity index (χ0) is 15.2. The molecule has 0 unspecified atom stereocenters. The van der Waals surface area contributed by atoms with Gasteiger partial charge in [-0.05, 0) is 55.0 Å². The summed E-state index contributed by atoms with van der Waals surface area (Å²) in [6.07, 6.45) is 7.65. The van der Waals surface area contributed by atoms with Gasteiger partial charge in [-0.25, -0.2) is 0 Å². The van der Waals surface area contributed by atoms with E-state index in [1.54, 1.807) is 6.07 Å².